The number of hydrogen-bond donors (Lipinski definition) is 2. The van der Waals surface area contributed by atoms with Crippen LogP contribution in [0.4, 0.5) is 4.79 Å². The maximum atomic E-state index is 12.1. The summed E-state index contributed by atoms with van der Waals surface area (Å²) in [5, 5.41) is 5.48. The topological polar surface area (TPSA) is 70.7 Å². The van der Waals surface area contributed by atoms with Gasteiger partial charge in [0.2, 0.25) is 0 Å². The fourth-order valence-corrected chi connectivity index (χ4v) is 3.12. The van der Waals surface area contributed by atoms with E-state index in [1.54, 1.807) is 6.92 Å². The molecule has 3 aliphatic rings. The molecule has 2 saturated carbocycles. The van der Waals surface area contributed by atoms with Crippen LogP contribution >= 0.6 is 0 Å². The van der Waals surface area contributed by atoms with Crippen molar-refractivity contribution in [2.45, 2.75) is 51.6 Å². The van der Waals surface area contributed by atoms with Crippen molar-refractivity contribution in [2.24, 2.45) is 5.92 Å². The Morgan fingerprint density at radius 3 is 2.68 bits per heavy atom. The van der Waals surface area contributed by atoms with Crippen LogP contribution in [0.25, 0.3) is 0 Å². The molecule has 22 heavy (non-hydrogen) atoms. The quantitative estimate of drug-likeness (QED) is 0.697. The SMILES string of the molecule is CCOC(=O)C1=C(CN(C2CC2)C(C)C2CC2)NC(=O)NC1. The van der Waals surface area contributed by atoms with E-state index in [1.807, 2.05) is 0 Å². The normalized spacial score (nSPS) is 23.1. The van der Waals surface area contributed by atoms with Gasteiger partial charge in [0, 0.05) is 24.3 Å². The second-order valence-corrected chi connectivity index (χ2v) is 6.47. The van der Waals surface area contributed by atoms with Gasteiger partial charge in [-0.15, -0.1) is 0 Å². The molecule has 0 radical (unpaired) electrons. The number of carbonyl (C=O) groups is 2. The molecule has 0 aromatic rings. The largest absolute Gasteiger partial charge is 0.463 e. The van der Waals surface area contributed by atoms with Crippen molar-refractivity contribution < 1.29 is 14.3 Å². The number of urea groups is 1. The molecule has 0 spiro atoms. The summed E-state index contributed by atoms with van der Waals surface area (Å²) >= 11 is 0. The average Bonchev–Trinajstić information content (AvgIpc) is 3.38. The molecule has 2 fully saturated rings. The number of amides is 2. The zero-order valence-corrected chi connectivity index (χ0v) is 13.4. The van der Waals surface area contributed by atoms with Gasteiger partial charge in [-0.1, -0.05) is 0 Å². The van der Waals surface area contributed by atoms with Gasteiger partial charge in [-0.2, -0.15) is 0 Å². The smallest absolute Gasteiger partial charge is 0.337 e. The lowest BCUT2D eigenvalue weighted by Gasteiger charge is -2.32. The van der Waals surface area contributed by atoms with Gasteiger partial charge in [0.25, 0.3) is 0 Å². The van der Waals surface area contributed by atoms with Crippen LogP contribution in [0, 0.1) is 5.92 Å². The zero-order chi connectivity index (χ0) is 15.7. The second-order valence-electron chi connectivity index (χ2n) is 6.47. The lowest BCUT2D eigenvalue weighted by Crippen LogP contribution is -2.48. The van der Waals surface area contributed by atoms with Gasteiger partial charge in [-0.05, 0) is 45.4 Å². The summed E-state index contributed by atoms with van der Waals surface area (Å²) < 4.78 is 5.12. The third-order valence-corrected chi connectivity index (χ3v) is 4.76. The molecule has 1 aliphatic heterocycles. The predicted molar refractivity (Wildman–Crippen MR) is 82.1 cm³/mol. The molecule has 1 atom stereocenters. The van der Waals surface area contributed by atoms with Gasteiger partial charge in [0.05, 0.1) is 18.7 Å². The van der Waals surface area contributed by atoms with Crippen LogP contribution in [-0.4, -0.2) is 48.7 Å². The first kappa shape index (κ1) is 15.3. The first-order chi connectivity index (χ1) is 10.6. The Morgan fingerprint density at radius 2 is 2.09 bits per heavy atom. The number of rotatable bonds is 7. The monoisotopic (exact) mass is 307 g/mol. The molecule has 6 heteroatoms. The maximum Gasteiger partial charge on any atom is 0.337 e. The van der Waals surface area contributed by atoms with Crippen LogP contribution in [-0.2, 0) is 9.53 Å². The Morgan fingerprint density at radius 1 is 1.36 bits per heavy atom. The molecule has 3 rings (SSSR count). The van der Waals surface area contributed by atoms with Crippen molar-refractivity contribution in [3.63, 3.8) is 0 Å². The molecule has 0 bridgehead atoms. The number of carbonyl (C=O) groups excluding carboxylic acids is 2. The van der Waals surface area contributed by atoms with Crippen LogP contribution in [0.2, 0.25) is 0 Å². The van der Waals surface area contributed by atoms with E-state index in [2.05, 4.69) is 22.5 Å². The summed E-state index contributed by atoms with van der Waals surface area (Å²) in [4.78, 5) is 26.2. The Balaban J connectivity index is 1.77. The van der Waals surface area contributed by atoms with Crippen LogP contribution < -0.4 is 10.6 Å². The highest BCUT2D eigenvalue weighted by atomic mass is 16.5. The Bertz CT molecular complexity index is 495. The minimum atomic E-state index is -0.333. The minimum Gasteiger partial charge on any atom is -0.463 e. The molecule has 2 N–H and O–H groups in total. The Hall–Kier alpha value is -1.56. The molecule has 2 aliphatic carbocycles. The van der Waals surface area contributed by atoms with Crippen molar-refractivity contribution >= 4 is 12.0 Å². The zero-order valence-electron chi connectivity index (χ0n) is 13.4. The first-order valence-corrected chi connectivity index (χ1v) is 8.30. The summed E-state index contributed by atoms with van der Waals surface area (Å²) in [6.07, 6.45) is 5.01. The maximum absolute atomic E-state index is 12.1. The van der Waals surface area contributed by atoms with Gasteiger partial charge < -0.3 is 15.4 Å². The van der Waals surface area contributed by atoms with E-state index in [4.69, 9.17) is 4.74 Å². The second kappa shape index (κ2) is 6.28. The third-order valence-electron chi connectivity index (χ3n) is 4.76. The van der Waals surface area contributed by atoms with Gasteiger partial charge in [-0.25, -0.2) is 9.59 Å². The molecular weight excluding hydrogens is 282 g/mol. The van der Waals surface area contributed by atoms with Crippen LogP contribution in [0.15, 0.2) is 11.3 Å². The standard InChI is InChI=1S/C16H25N3O3/c1-3-22-15(20)13-8-17-16(21)18-14(13)9-19(12-6-7-12)10(2)11-4-5-11/h10-12H,3-9H2,1-2H3,(H2,17,18,21). The fourth-order valence-electron chi connectivity index (χ4n) is 3.12. The van der Waals surface area contributed by atoms with Gasteiger partial charge in [0.1, 0.15) is 0 Å². The molecule has 1 unspecified atom stereocenters. The minimum absolute atomic E-state index is 0.238. The number of esters is 1. The van der Waals surface area contributed by atoms with E-state index in [0.29, 0.717) is 36.5 Å². The number of nitrogens with zero attached hydrogens (tertiary/aromatic N) is 1. The molecular formula is C16H25N3O3. The Labute approximate surface area is 131 Å². The van der Waals surface area contributed by atoms with Crippen molar-refractivity contribution in [3.05, 3.63) is 11.3 Å². The van der Waals surface area contributed by atoms with E-state index < -0.39 is 0 Å². The molecule has 1 heterocycles. The summed E-state index contributed by atoms with van der Waals surface area (Å²) in [5.74, 6) is 0.435. The van der Waals surface area contributed by atoms with Crippen molar-refractivity contribution in [1.82, 2.24) is 15.5 Å². The van der Waals surface area contributed by atoms with E-state index in [1.165, 1.54) is 25.7 Å². The highest BCUT2D eigenvalue weighted by Gasteiger charge is 2.40. The molecule has 122 valence electrons. The number of hydrogen-bond acceptors (Lipinski definition) is 4. The number of nitrogens with one attached hydrogen (secondary N) is 2. The predicted octanol–water partition coefficient (Wildman–Crippen LogP) is 1.38. The van der Waals surface area contributed by atoms with E-state index in [-0.39, 0.29) is 18.5 Å². The summed E-state index contributed by atoms with van der Waals surface area (Å²) in [6, 6.07) is 0.867. The third kappa shape index (κ3) is 3.43. The fraction of sp³-hybridized carbons (Fsp3) is 0.750. The molecule has 2 amide bonds. The lowest BCUT2D eigenvalue weighted by atomic mass is 10.1. The molecule has 6 nitrogen and oxygen atoms in total. The summed E-state index contributed by atoms with van der Waals surface area (Å²) in [7, 11) is 0. The number of ether oxygens (including phenoxy) is 1. The highest BCUT2D eigenvalue weighted by Crippen LogP contribution is 2.40. The van der Waals surface area contributed by atoms with Crippen LogP contribution in [0.1, 0.15) is 39.5 Å². The average molecular weight is 307 g/mol. The van der Waals surface area contributed by atoms with Gasteiger partial charge in [-0.3, -0.25) is 4.90 Å². The summed E-state index contributed by atoms with van der Waals surface area (Å²) in [6.45, 7) is 5.27. The highest BCUT2D eigenvalue weighted by molar-refractivity contribution is 5.93. The van der Waals surface area contributed by atoms with Crippen LogP contribution in [0.3, 0.4) is 0 Å². The lowest BCUT2D eigenvalue weighted by molar-refractivity contribution is -0.138. The van der Waals surface area contributed by atoms with Crippen LogP contribution in [0.5, 0.6) is 0 Å². The van der Waals surface area contributed by atoms with E-state index in [0.717, 1.165) is 5.92 Å². The summed E-state index contributed by atoms with van der Waals surface area (Å²) in [5.41, 5.74) is 1.26. The first-order valence-electron chi connectivity index (χ1n) is 8.30. The van der Waals surface area contributed by atoms with Gasteiger partial charge >= 0.3 is 12.0 Å². The van der Waals surface area contributed by atoms with Crippen molar-refractivity contribution in [3.8, 4) is 0 Å². The van der Waals surface area contributed by atoms with Gasteiger partial charge in [0.15, 0.2) is 0 Å². The molecule has 0 saturated heterocycles. The van der Waals surface area contributed by atoms with Crippen molar-refractivity contribution in [1.29, 1.82) is 0 Å². The van der Waals surface area contributed by atoms with Crippen molar-refractivity contribution in [2.75, 3.05) is 19.7 Å². The van der Waals surface area contributed by atoms with E-state index >= 15 is 0 Å². The Kier molecular flexibility index (Phi) is 4.38. The molecule has 0 aromatic carbocycles. The van der Waals surface area contributed by atoms with E-state index in [9.17, 15) is 9.59 Å². The molecule has 0 aromatic heterocycles.